The van der Waals surface area contributed by atoms with Crippen LogP contribution in [0.4, 0.5) is 0 Å². The van der Waals surface area contributed by atoms with Crippen molar-refractivity contribution in [3.8, 4) is 11.5 Å². The topological polar surface area (TPSA) is 118 Å². The van der Waals surface area contributed by atoms with Crippen LogP contribution >= 0.6 is 11.8 Å². The first-order chi connectivity index (χ1) is 13.4. The van der Waals surface area contributed by atoms with E-state index in [0.717, 1.165) is 7.16 Å². The molecule has 0 saturated carbocycles. The zero-order chi connectivity index (χ0) is 22.9. The molecule has 0 aromatic heterocycles. The first kappa shape index (κ1) is 24.6. The van der Waals surface area contributed by atoms with Gasteiger partial charge in [0.05, 0.1) is 0 Å². The van der Waals surface area contributed by atoms with Gasteiger partial charge in [0, 0.05) is 0 Å². The average molecular weight is 686 g/mol. The molecule has 2 N–H and O–H groups in total. The number of ether oxygens (including phenoxy) is 1. The molecule has 2 aromatic carbocycles. The van der Waals surface area contributed by atoms with Crippen LogP contribution in [0.3, 0.4) is 0 Å². The van der Waals surface area contributed by atoms with Crippen LogP contribution < -0.4 is 11.9 Å². The summed E-state index contributed by atoms with van der Waals surface area (Å²) < 4.78 is 75.5. The number of hydrogen-bond donors (Lipinski definition) is 2. The third kappa shape index (κ3) is 4.69. The Morgan fingerprint density at radius 3 is 1.30 bits per heavy atom. The van der Waals surface area contributed by atoms with Crippen molar-refractivity contribution >= 4 is 75.9 Å². The Kier molecular flexibility index (Phi) is 6.41. The molecule has 2 aromatic rings. The molecular weight excluding hydrogens is 662 g/mol. The Hall–Kier alpha value is 0.00740. The van der Waals surface area contributed by atoms with Gasteiger partial charge >= 0.3 is 192 Å². The first-order valence-electron chi connectivity index (χ1n) is 9.08. The summed E-state index contributed by atoms with van der Waals surface area (Å²) in [4.78, 5) is 13.4. The van der Waals surface area contributed by atoms with Crippen LogP contribution in [0.1, 0.15) is 0 Å². The molecule has 1 heterocycles. The fraction of sp³-hybridized carbons (Fsp3) is 0.333. The van der Waals surface area contributed by atoms with Crippen LogP contribution in [0, 0.1) is 0 Å². The van der Waals surface area contributed by atoms with Crippen molar-refractivity contribution in [1.29, 1.82) is 0 Å². The Labute approximate surface area is 189 Å². The van der Waals surface area contributed by atoms with E-state index in [1.807, 2.05) is 0 Å². The van der Waals surface area contributed by atoms with E-state index in [1.165, 1.54) is 23.9 Å². The molecular formula is C18H24O7S3Sn2. The average Bonchev–Trinajstić information content (AvgIpc) is 2.54. The molecule has 0 saturated heterocycles. The van der Waals surface area contributed by atoms with Gasteiger partial charge in [-0.2, -0.15) is 0 Å². The van der Waals surface area contributed by atoms with Crippen LogP contribution in [0.25, 0.3) is 0 Å². The van der Waals surface area contributed by atoms with Gasteiger partial charge in [-0.05, 0) is 0 Å². The summed E-state index contributed by atoms with van der Waals surface area (Å²) in [7, 11) is -9.22. The van der Waals surface area contributed by atoms with Crippen molar-refractivity contribution < 1.29 is 30.7 Å². The van der Waals surface area contributed by atoms with Crippen molar-refractivity contribution in [1.82, 2.24) is 0 Å². The number of fused-ring (bicyclic) bond motifs is 2. The van der Waals surface area contributed by atoms with Crippen molar-refractivity contribution in [3.63, 3.8) is 0 Å². The maximum absolute atomic E-state index is 12.0. The predicted octanol–water partition coefficient (Wildman–Crippen LogP) is 3.53. The summed E-state index contributed by atoms with van der Waals surface area (Å²) in [5, 5.41) is 0. The predicted molar refractivity (Wildman–Crippen MR) is 123 cm³/mol. The molecule has 0 spiro atoms. The van der Waals surface area contributed by atoms with Gasteiger partial charge in [-0.15, -0.1) is 0 Å². The van der Waals surface area contributed by atoms with Crippen LogP contribution in [-0.4, -0.2) is 62.7 Å². The van der Waals surface area contributed by atoms with E-state index < -0.39 is 66.8 Å². The van der Waals surface area contributed by atoms with Gasteiger partial charge < -0.3 is 0 Å². The van der Waals surface area contributed by atoms with Crippen LogP contribution in [0.15, 0.2) is 43.8 Å². The zero-order valence-corrected chi connectivity index (χ0v) is 25.6. The SMILES string of the molecule is [CH3][Sn]([CH3])([CH3])[c]1ccc(S(=O)(=O)O)c2c1Sc1[c]([Sn]([CH3])([CH3])[CH3])ccc(S(=O)(=O)O)c1O2. The van der Waals surface area contributed by atoms with Crippen molar-refractivity contribution in [3.05, 3.63) is 24.3 Å². The van der Waals surface area contributed by atoms with Crippen LogP contribution in [-0.2, 0) is 20.2 Å². The minimum absolute atomic E-state index is 0.0784. The Balaban J connectivity index is 2.44. The quantitative estimate of drug-likeness (QED) is 0.317. The van der Waals surface area contributed by atoms with Gasteiger partial charge in [0.25, 0.3) is 0 Å². The van der Waals surface area contributed by atoms with E-state index >= 15 is 0 Å². The minimum atomic E-state index is -4.61. The standard InChI is InChI=1S/C12H6O7S3.6CH3.2Sn/c13-21(14,15)9-5-1-3-7-11(9)19-12-8(20-7)4-2-6-10(12)22(16,17)18;;;;;;;;/h1-2,5-6H,(H,13,14,15)(H,16,17,18);6*1H3;;. The van der Waals surface area contributed by atoms with Gasteiger partial charge in [0.2, 0.25) is 0 Å². The van der Waals surface area contributed by atoms with E-state index in [-0.39, 0.29) is 11.5 Å². The second-order valence-electron chi connectivity index (χ2n) is 9.19. The fourth-order valence-corrected chi connectivity index (χ4v) is 18.5. The molecule has 0 unspecified atom stereocenters. The molecule has 0 amide bonds. The first-order valence-corrected chi connectivity index (χ1v) is 32.8. The molecule has 1 aliphatic rings. The van der Waals surface area contributed by atoms with Gasteiger partial charge in [-0.25, -0.2) is 0 Å². The molecule has 7 nitrogen and oxygen atoms in total. The van der Waals surface area contributed by atoms with E-state index in [1.54, 1.807) is 12.1 Å². The van der Waals surface area contributed by atoms with Crippen molar-refractivity contribution in [2.45, 2.75) is 49.2 Å². The van der Waals surface area contributed by atoms with Gasteiger partial charge in [-0.3, -0.25) is 0 Å². The molecule has 0 aliphatic carbocycles. The molecule has 0 bridgehead atoms. The van der Waals surface area contributed by atoms with E-state index in [4.69, 9.17) is 4.74 Å². The summed E-state index contributed by atoms with van der Waals surface area (Å²) in [6.07, 6.45) is 0. The molecule has 0 fully saturated rings. The van der Waals surface area contributed by atoms with Gasteiger partial charge in [0.1, 0.15) is 0 Å². The maximum atomic E-state index is 12.0. The molecule has 30 heavy (non-hydrogen) atoms. The number of rotatable bonds is 4. The second kappa shape index (κ2) is 7.80. The van der Waals surface area contributed by atoms with E-state index in [2.05, 4.69) is 29.6 Å². The van der Waals surface area contributed by atoms with Crippen molar-refractivity contribution in [2.24, 2.45) is 0 Å². The second-order valence-corrected chi connectivity index (χ2v) is 41.8. The molecule has 1 aliphatic heterocycles. The summed E-state index contributed by atoms with van der Waals surface area (Å²) in [5.41, 5.74) is 0. The molecule has 0 atom stereocenters. The third-order valence-electron chi connectivity index (χ3n) is 4.73. The van der Waals surface area contributed by atoms with E-state index in [9.17, 15) is 25.9 Å². The molecule has 12 heteroatoms. The van der Waals surface area contributed by atoms with Gasteiger partial charge in [-0.1, -0.05) is 0 Å². The zero-order valence-electron chi connectivity index (χ0n) is 17.5. The Morgan fingerprint density at radius 2 is 1.03 bits per heavy atom. The monoisotopic (exact) mass is 688 g/mol. The molecule has 164 valence electrons. The number of hydrogen-bond acceptors (Lipinski definition) is 6. The third-order valence-corrected chi connectivity index (χ3v) is 20.3. The Morgan fingerprint density at radius 1 is 0.700 bits per heavy atom. The molecule has 3 rings (SSSR count). The fourth-order valence-electron chi connectivity index (χ4n) is 3.28. The summed E-state index contributed by atoms with van der Waals surface area (Å²) in [6.45, 7) is 0. The number of benzene rings is 2. The Bertz CT molecular complexity index is 1160. The van der Waals surface area contributed by atoms with Crippen LogP contribution in [0.2, 0.25) is 29.6 Å². The summed E-state index contributed by atoms with van der Waals surface area (Å²) in [6, 6.07) is 6.06. The van der Waals surface area contributed by atoms with E-state index in [0.29, 0.717) is 9.79 Å². The summed E-state index contributed by atoms with van der Waals surface area (Å²) >= 11 is -4.26. The molecule has 0 radical (unpaired) electrons. The summed E-state index contributed by atoms with van der Waals surface area (Å²) in [5.74, 6) is -0.157. The van der Waals surface area contributed by atoms with Crippen LogP contribution in [0.5, 0.6) is 11.5 Å². The normalized spacial score (nSPS) is 14.7. The van der Waals surface area contributed by atoms with Gasteiger partial charge in [0.15, 0.2) is 0 Å². The van der Waals surface area contributed by atoms with Crippen molar-refractivity contribution in [2.75, 3.05) is 0 Å².